The fraction of sp³-hybridized carbons (Fsp3) is 0.250. The van der Waals surface area contributed by atoms with Crippen LogP contribution in [0.1, 0.15) is 5.56 Å². The number of hydrogen-bond donors (Lipinski definition) is 1. The molecule has 0 bridgehead atoms. The summed E-state index contributed by atoms with van der Waals surface area (Å²) in [6.07, 6.45) is 1.58. The van der Waals surface area contributed by atoms with E-state index in [-0.39, 0.29) is 12.5 Å². The average molecular weight is 344 g/mol. The van der Waals surface area contributed by atoms with Gasteiger partial charge in [-0.3, -0.25) is 14.4 Å². The van der Waals surface area contributed by atoms with Crippen molar-refractivity contribution in [2.24, 2.45) is 0 Å². The summed E-state index contributed by atoms with van der Waals surface area (Å²) in [5.74, 6) is -1.58. The predicted molar refractivity (Wildman–Crippen MR) is 89.2 cm³/mol. The van der Waals surface area contributed by atoms with Crippen LogP contribution in [0.25, 0.3) is 0 Å². The van der Waals surface area contributed by atoms with Gasteiger partial charge in [0.25, 0.3) is 0 Å². The maximum Gasteiger partial charge on any atom is 0.312 e. The van der Waals surface area contributed by atoms with Crippen LogP contribution in [0, 0.1) is 0 Å². The number of anilines is 1. The number of nitrogens with zero attached hydrogens (tertiary/aromatic N) is 3. The van der Waals surface area contributed by atoms with Crippen molar-refractivity contribution in [1.82, 2.24) is 14.8 Å². The van der Waals surface area contributed by atoms with E-state index in [4.69, 9.17) is 0 Å². The van der Waals surface area contributed by atoms with Gasteiger partial charge in [-0.05, 0) is 5.56 Å². The van der Waals surface area contributed by atoms with Crippen LogP contribution in [0.5, 0.6) is 0 Å². The van der Waals surface area contributed by atoms with Gasteiger partial charge in [-0.25, -0.2) is 4.98 Å². The van der Waals surface area contributed by atoms with Gasteiger partial charge in [-0.2, -0.15) is 0 Å². The van der Waals surface area contributed by atoms with Gasteiger partial charge in [0.2, 0.25) is 5.91 Å². The highest BCUT2D eigenvalue weighted by Gasteiger charge is 2.33. The summed E-state index contributed by atoms with van der Waals surface area (Å²) in [6, 6.07) is 9.49. The maximum absolute atomic E-state index is 12.2. The largest absolute Gasteiger partial charge is 0.328 e. The molecular weight excluding hydrogens is 328 g/mol. The highest BCUT2D eigenvalue weighted by atomic mass is 32.1. The van der Waals surface area contributed by atoms with Gasteiger partial charge < -0.3 is 15.1 Å². The Balaban J connectivity index is 1.56. The number of nitrogens with one attached hydrogen (secondary N) is 1. The Bertz CT molecular complexity index is 733. The molecule has 7 nitrogen and oxygen atoms in total. The second-order valence-electron chi connectivity index (χ2n) is 5.32. The minimum absolute atomic E-state index is 0.149. The first-order valence-corrected chi connectivity index (χ1v) is 8.33. The SMILES string of the molecule is O=C(CN1CCN(Cc2ccccc2)C(=O)C1=O)Nc1nccs1. The maximum atomic E-state index is 12.2. The van der Waals surface area contributed by atoms with Crippen molar-refractivity contribution in [3.8, 4) is 0 Å². The van der Waals surface area contributed by atoms with Gasteiger partial charge in [0.1, 0.15) is 6.54 Å². The molecule has 24 heavy (non-hydrogen) atoms. The lowest BCUT2D eigenvalue weighted by Crippen LogP contribution is -2.55. The van der Waals surface area contributed by atoms with Crippen LogP contribution < -0.4 is 5.32 Å². The quantitative estimate of drug-likeness (QED) is 0.819. The van der Waals surface area contributed by atoms with Crippen molar-refractivity contribution in [3.63, 3.8) is 0 Å². The van der Waals surface area contributed by atoms with E-state index in [1.807, 2.05) is 30.3 Å². The van der Waals surface area contributed by atoms with Crippen LogP contribution in [0.4, 0.5) is 5.13 Å². The average Bonchev–Trinajstić information content (AvgIpc) is 3.08. The van der Waals surface area contributed by atoms with Crippen molar-refractivity contribution < 1.29 is 14.4 Å². The molecule has 1 fully saturated rings. The Kier molecular flexibility index (Phi) is 4.85. The van der Waals surface area contributed by atoms with E-state index in [1.165, 1.54) is 21.1 Å². The van der Waals surface area contributed by atoms with Gasteiger partial charge in [0.15, 0.2) is 5.13 Å². The van der Waals surface area contributed by atoms with Crippen LogP contribution in [0.15, 0.2) is 41.9 Å². The molecule has 1 aliphatic rings. The van der Waals surface area contributed by atoms with E-state index in [9.17, 15) is 14.4 Å². The minimum Gasteiger partial charge on any atom is -0.328 e. The highest BCUT2D eigenvalue weighted by molar-refractivity contribution is 7.13. The molecule has 1 aromatic carbocycles. The molecule has 1 aromatic heterocycles. The van der Waals surface area contributed by atoms with E-state index in [0.29, 0.717) is 24.8 Å². The first-order valence-electron chi connectivity index (χ1n) is 7.45. The zero-order valence-electron chi connectivity index (χ0n) is 12.8. The smallest absolute Gasteiger partial charge is 0.312 e. The molecule has 3 amide bonds. The molecule has 0 radical (unpaired) electrons. The van der Waals surface area contributed by atoms with Gasteiger partial charge in [0.05, 0.1) is 0 Å². The molecule has 0 atom stereocenters. The zero-order chi connectivity index (χ0) is 16.9. The lowest BCUT2D eigenvalue weighted by Gasteiger charge is -2.33. The van der Waals surface area contributed by atoms with Crippen LogP contribution in [-0.2, 0) is 20.9 Å². The Morgan fingerprint density at radius 3 is 2.54 bits per heavy atom. The van der Waals surface area contributed by atoms with Crippen LogP contribution in [0.2, 0.25) is 0 Å². The number of hydrogen-bond acceptors (Lipinski definition) is 5. The van der Waals surface area contributed by atoms with E-state index >= 15 is 0 Å². The summed E-state index contributed by atoms with van der Waals surface area (Å²) in [4.78, 5) is 43.1. The summed E-state index contributed by atoms with van der Waals surface area (Å²) in [6.45, 7) is 0.987. The molecule has 1 N–H and O–H groups in total. The van der Waals surface area contributed by atoms with Crippen molar-refractivity contribution >= 4 is 34.2 Å². The molecule has 124 valence electrons. The van der Waals surface area contributed by atoms with Gasteiger partial charge in [0, 0.05) is 31.2 Å². The summed E-state index contributed by atoms with van der Waals surface area (Å²) in [5, 5.41) is 4.82. The number of aromatic nitrogens is 1. The van der Waals surface area contributed by atoms with E-state index in [1.54, 1.807) is 11.6 Å². The number of amides is 3. The van der Waals surface area contributed by atoms with Crippen LogP contribution in [-0.4, -0.2) is 52.1 Å². The molecule has 0 spiro atoms. The summed E-state index contributed by atoms with van der Waals surface area (Å²) in [5.41, 5.74) is 0.966. The molecule has 0 aliphatic carbocycles. The molecule has 0 saturated carbocycles. The van der Waals surface area contributed by atoms with Crippen molar-refractivity contribution in [2.75, 3.05) is 25.0 Å². The zero-order valence-corrected chi connectivity index (χ0v) is 13.7. The molecular formula is C16H16N4O3S. The highest BCUT2D eigenvalue weighted by Crippen LogP contribution is 2.12. The summed E-state index contributed by atoms with van der Waals surface area (Å²) >= 11 is 1.29. The monoisotopic (exact) mass is 344 g/mol. The first kappa shape index (κ1) is 16.1. The van der Waals surface area contributed by atoms with Gasteiger partial charge in [-0.15, -0.1) is 11.3 Å². The molecule has 3 rings (SSSR count). The predicted octanol–water partition coefficient (Wildman–Crippen LogP) is 0.953. The van der Waals surface area contributed by atoms with Crippen molar-refractivity contribution in [2.45, 2.75) is 6.54 Å². The second-order valence-corrected chi connectivity index (χ2v) is 6.22. The lowest BCUT2D eigenvalue weighted by molar-refractivity contribution is -0.157. The van der Waals surface area contributed by atoms with Crippen LogP contribution >= 0.6 is 11.3 Å². The standard InChI is InChI=1S/C16H16N4O3S/c21-13(18-16-17-6-9-24-16)11-20-8-7-19(14(22)15(20)23)10-12-4-2-1-3-5-12/h1-6,9H,7-8,10-11H2,(H,17,18,21). The summed E-state index contributed by atoms with van der Waals surface area (Å²) < 4.78 is 0. The van der Waals surface area contributed by atoms with Gasteiger partial charge >= 0.3 is 11.8 Å². The molecule has 8 heteroatoms. The Morgan fingerprint density at radius 1 is 1.12 bits per heavy atom. The van der Waals surface area contributed by atoms with Gasteiger partial charge in [-0.1, -0.05) is 30.3 Å². The minimum atomic E-state index is -0.647. The number of carbonyl (C=O) groups is 3. The third-order valence-corrected chi connectivity index (χ3v) is 4.32. The molecule has 2 aromatic rings. The number of carbonyl (C=O) groups excluding carboxylic acids is 3. The second kappa shape index (κ2) is 7.22. The molecule has 1 saturated heterocycles. The Morgan fingerprint density at radius 2 is 1.83 bits per heavy atom. The number of piperazine rings is 1. The molecule has 0 unspecified atom stereocenters. The van der Waals surface area contributed by atoms with Crippen molar-refractivity contribution in [1.29, 1.82) is 0 Å². The number of benzene rings is 1. The fourth-order valence-electron chi connectivity index (χ4n) is 2.44. The summed E-state index contributed by atoms with van der Waals surface area (Å²) in [7, 11) is 0. The van der Waals surface area contributed by atoms with Crippen molar-refractivity contribution in [3.05, 3.63) is 47.5 Å². The van der Waals surface area contributed by atoms with E-state index in [0.717, 1.165) is 5.56 Å². The topological polar surface area (TPSA) is 82.6 Å². The Hall–Kier alpha value is -2.74. The lowest BCUT2D eigenvalue weighted by atomic mass is 10.2. The van der Waals surface area contributed by atoms with E-state index in [2.05, 4.69) is 10.3 Å². The number of rotatable bonds is 5. The molecule has 1 aliphatic heterocycles. The van der Waals surface area contributed by atoms with E-state index < -0.39 is 11.8 Å². The third-order valence-electron chi connectivity index (χ3n) is 3.63. The third kappa shape index (κ3) is 3.77. The fourth-order valence-corrected chi connectivity index (χ4v) is 2.98. The molecule has 2 heterocycles. The normalized spacial score (nSPS) is 14.8. The van der Waals surface area contributed by atoms with Crippen LogP contribution in [0.3, 0.4) is 0 Å². The Labute approximate surface area is 142 Å². The number of thiazole rings is 1. The first-order chi connectivity index (χ1) is 11.6.